The van der Waals surface area contributed by atoms with Gasteiger partial charge in [0, 0.05) is 0 Å². The van der Waals surface area contributed by atoms with Crippen molar-refractivity contribution < 1.29 is 28.8 Å². The third-order valence-electron chi connectivity index (χ3n) is 2.27. The molecule has 0 saturated heterocycles. The molecule has 0 unspecified atom stereocenters. The first-order valence-electron chi connectivity index (χ1n) is 4.89. The second-order valence-corrected chi connectivity index (χ2v) is 3.27. The van der Waals surface area contributed by atoms with Gasteiger partial charge in [0.1, 0.15) is 0 Å². The van der Waals surface area contributed by atoms with E-state index in [1.807, 2.05) is 0 Å². The van der Waals surface area contributed by atoms with Crippen LogP contribution in [0.4, 0.5) is 0 Å². The summed E-state index contributed by atoms with van der Waals surface area (Å²) in [4.78, 5) is 22.9. The van der Waals surface area contributed by atoms with E-state index in [0.29, 0.717) is 0 Å². The Balaban J connectivity index is 3.29. The van der Waals surface area contributed by atoms with Crippen molar-refractivity contribution in [3.8, 4) is 0 Å². The fourth-order valence-corrected chi connectivity index (χ4v) is 1.38. The van der Waals surface area contributed by atoms with E-state index >= 15 is 0 Å². The van der Waals surface area contributed by atoms with Crippen molar-refractivity contribution in [1.29, 1.82) is 0 Å². The van der Waals surface area contributed by atoms with Crippen LogP contribution in [0.3, 0.4) is 0 Å². The largest absolute Gasteiger partial charge is 0.509 e. The molecule has 0 heterocycles. The second-order valence-electron chi connectivity index (χ2n) is 3.27. The monoisotopic (exact) mass is 253 g/mol. The normalized spacial score (nSPS) is 9.78. The quantitative estimate of drug-likeness (QED) is 0.395. The van der Waals surface area contributed by atoms with E-state index in [1.54, 1.807) is 0 Å². The average Bonchev–Trinajstić information content (AvgIpc) is 2.43. The zero-order chi connectivity index (χ0) is 13.7. The molecule has 3 N–H and O–H groups in total. The van der Waals surface area contributed by atoms with Crippen molar-refractivity contribution in [3.63, 3.8) is 0 Å². The zero-order valence-electron chi connectivity index (χ0n) is 9.88. The van der Waals surface area contributed by atoms with Gasteiger partial charge >= 0.3 is 19.1 Å². The van der Waals surface area contributed by atoms with Crippen LogP contribution >= 0.6 is 0 Å². The summed E-state index contributed by atoms with van der Waals surface area (Å²) in [7, 11) is 0.893. The van der Waals surface area contributed by atoms with Gasteiger partial charge in [0.2, 0.25) is 0 Å². The van der Waals surface area contributed by atoms with Gasteiger partial charge in [0.05, 0.1) is 25.3 Å². The number of carbonyl (C=O) groups is 2. The van der Waals surface area contributed by atoms with Gasteiger partial charge in [-0.25, -0.2) is 15.5 Å². The molecule has 0 bridgehead atoms. The Kier molecular flexibility index (Phi) is 4.84. The molecule has 0 amide bonds. The number of hydrogen-bond acceptors (Lipinski definition) is 7. The molecule has 7 nitrogen and oxygen atoms in total. The average molecular weight is 253 g/mol. The molecule has 1 aromatic carbocycles. The Bertz CT molecular complexity index is 464. The van der Waals surface area contributed by atoms with Gasteiger partial charge in [-0.2, -0.15) is 0 Å². The molecule has 1 aromatic rings. The molecule has 0 aromatic heterocycles. The van der Waals surface area contributed by atoms with E-state index in [-0.39, 0.29) is 16.6 Å². The van der Waals surface area contributed by atoms with E-state index < -0.39 is 19.1 Å². The van der Waals surface area contributed by atoms with E-state index in [0.717, 1.165) is 0 Å². The predicted octanol–water partition coefficient (Wildman–Crippen LogP) is -1.16. The fourth-order valence-electron chi connectivity index (χ4n) is 1.38. The van der Waals surface area contributed by atoms with Crippen LogP contribution in [0.1, 0.15) is 20.7 Å². The highest BCUT2D eigenvalue weighted by Gasteiger charge is 2.25. The highest BCUT2D eigenvalue weighted by Crippen LogP contribution is 2.07. The minimum Gasteiger partial charge on any atom is -0.465 e. The van der Waals surface area contributed by atoms with Crippen molar-refractivity contribution in [1.82, 2.24) is 0 Å². The molecule has 1 rings (SSSR count). The van der Waals surface area contributed by atoms with Gasteiger partial charge in [-0.1, -0.05) is 6.07 Å². The number of esters is 2. The maximum atomic E-state index is 11.5. The van der Waals surface area contributed by atoms with Gasteiger partial charge in [0.25, 0.3) is 0 Å². The molecule has 8 heteroatoms. The minimum absolute atomic E-state index is 0.0293. The first-order chi connectivity index (χ1) is 8.54. The molecule has 0 radical (unpaired) electrons. The minimum atomic E-state index is -1.49. The van der Waals surface area contributed by atoms with E-state index in [9.17, 15) is 14.6 Å². The zero-order valence-corrected chi connectivity index (χ0v) is 9.88. The number of ether oxygens (including phenoxy) is 2. The molecule has 0 aliphatic carbocycles. The molecular formula is C10H12BNO6. The standard InChI is InChI=1S/C10H12BNO6/c1-16-9(13)6-3-4-8(11(15)18-12)7(5-6)10(14)17-2/h3-5,15H,12H2,1-2H3. The summed E-state index contributed by atoms with van der Waals surface area (Å²) in [6, 6.07) is 3.93. The topological polar surface area (TPSA) is 108 Å². The van der Waals surface area contributed by atoms with E-state index in [4.69, 9.17) is 5.90 Å². The van der Waals surface area contributed by atoms with Crippen molar-refractivity contribution in [2.45, 2.75) is 0 Å². The Morgan fingerprint density at radius 3 is 2.33 bits per heavy atom. The van der Waals surface area contributed by atoms with E-state index in [1.165, 1.54) is 32.4 Å². The van der Waals surface area contributed by atoms with Gasteiger partial charge in [-0.15, -0.1) is 0 Å². The third kappa shape index (κ3) is 2.86. The summed E-state index contributed by atoms with van der Waals surface area (Å²) >= 11 is 0. The van der Waals surface area contributed by atoms with Gasteiger partial charge in [-0.05, 0) is 17.6 Å². The van der Waals surface area contributed by atoms with Crippen molar-refractivity contribution in [3.05, 3.63) is 29.3 Å². The lowest BCUT2D eigenvalue weighted by molar-refractivity contribution is 0.0599. The molecule has 0 fully saturated rings. The van der Waals surface area contributed by atoms with Crippen molar-refractivity contribution in [2.24, 2.45) is 5.90 Å². The van der Waals surface area contributed by atoms with Gasteiger partial charge < -0.3 is 19.3 Å². The SMILES string of the molecule is COC(=O)c1ccc(B(O)ON)c(C(=O)OC)c1. The Hall–Kier alpha value is -1.90. The lowest BCUT2D eigenvalue weighted by Crippen LogP contribution is -2.40. The summed E-state index contributed by atoms with van der Waals surface area (Å²) in [5, 5.41) is 9.47. The maximum absolute atomic E-state index is 11.5. The summed E-state index contributed by atoms with van der Waals surface area (Å²) in [6.45, 7) is 0. The maximum Gasteiger partial charge on any atom is 0.509 e. The number of hydrogen-bond donors (Lipinski definition) is 2. The molecule has 0 spiro atoms. The van der Waals surface area contributed by atoms with Crippen LogP contribution in [0.5, 0.6) is 0 Å². The number of nitrogens with two attached hydrogens (primary N) is 1. The fraction of sp³-hybridized carbons (Fsp3) is 0.200. The first-order valence-corrected chi connectivity index (χ1v) is 4.89. The van der Waals surface area contributed by atoms with Crippen molar-refractivity contribution in [2.75, 3.05) is 14.2 Å². The van der Waals surface area contributed by atoms with Crippen LogP contribution in [-0.4, -0.2) is 38.3 Å². The summed E-state index contributed by atoms with van der Waals surface area (Å²) < 4.78 is 13.3. The summed E-state index contributed by atoms with van der Waals surface area (Å²) in [5.74, 6) is 3.50. The summed E-state index contributed by atoms with van der Waals surface area (Å²) in [6.07, 6.45) is 0. The van der Waals surface area contributed by atoms with Crippen LogP contribution in [0.2, 0.25) is 0 Å². The van der Waals surface area contributed by atoms with Crippen molar-refractivity contribution >= 4 is 24.5 Å². The second kappa shape index (κ2) is 6.15. The molecule has 0 aliphatic heterocycles. The number of benzene rings is 1. The highest BCUT2D eigenvalue weighted by molar-refractivity contribution is 6.61. The number of methoxy groups -OCH3 is 2. The number of rotatable bonds is 4. The smallest absolute Gasteiger partial charge is 0.465 e. The molecular weight excluding hydrogens is 241 g/mol. The predicted molar refractivity (Wildman–Crippen MR) is 62.0 cm³/mol. The third-order valence-corrected chi connectivity index (χ3v) is 2.27. The highest BCUT2D eigenvalue weighted by atomic mass is 16.6. The van der Waals surface area contributed by atoms with Crippen LogP contribution in [0.25, 0.3) is 0 Å². The molecule has 0 aliphatic rings. The Labute approximate surface area is 104 Å². The van der Waals surface area contributed by atoms with Gasteiger partial charge in [0.15, 0.2) is 0 Å². The molecule has 0 saturated carbocycles. The Morgan fingerprint density at radius 2 is 1.83 bits per heavy atom. The van der Waals surface area contributed by atoms with Crippen LogP contribution in [-0.2, 0) is 14.2 Å². The Morgan fingerprint density at radius 1 is 1.22 bits per heavy atom. The number of carbonyl (C=O) groups excluding carboxylic acids is 2. The molecule has 18 heavy (non-hydrogen) atoms. The lowest BCUT2D eigenvalue weighted by atomic mass is 9.76. The van der Waals surface area contributed by atoms with E-state index in [2.05, 4.69) is 14.2 Å². The first kappa shape index (κ1) is 14.2. The van der Waals surface area contributed by atoms with Gasteiger partial charge in [-0.3, -0.25) is 0 Å². The molecule has 0 atom stereocenters. The molecule has 96 valence electrons. The van der Waals surface area contributed by atoms with Crippen LogP contribution in [0.15, 0.2) is 18.2 Å². The van der Waals surface area contributed by atoms with Crippen LogP contribution in [0, 0.1) is 0 Å². The lowest BCUT2D eigenvalue weighted by Gasteiger charge is -2.10. The van der Waals surface area contributed by atoms with Crippen LogP contribution < -0.4 is 11.4 Å². The summed E-state index contributed by atoms with van der Waals surface area (Å²) in [5.41, 5.74) is 0.209.